The number of morpholine rings is 1. The Bertz CT molecular complexity index is 500. The van der Waals surface area contributed by atoms with Crippen molar-refractivity contribution in [1.29, 1.82) is 0 Å². The van der Waals surface area contributed by atoms with Crippen molar-refractivity contribution in [1.82, 2.24) is 4.90 Å². The summed E-state index contributed by atoms with van der Waals surface area (Å²) >= 11 is 0. The molecule has 0 unspecified atom stereocenters. The number of para-hydroxylation sites is 1. The zero-order valence-electron chi connectivity index (χ0n) is 17.1. The van der Waals surface area contributed by atoms with Gasteiger partial charge in [0.15, 0.2) is 0 Å². The topological polar surface area (TPSA) is 41.6 Å². The number of nitrogens with one attached hydrogen (secondary N) is 1. The van der Waals surface area contributed by atoms with Gasteiger partial charge in [-0.25, -0.2) is 0 Å². The highest BCUT2D eigenvalue weighted by Gasteiger charge is 2.25. The first-order valence-electron chi connectivity index (χ1n) is 11.0. The summed E-state index contributed by atoms with van der Waals surface area (Å²) in [6, 6.07) is 9.97. The summed E-state index contributed by atoms with van der Waals surface area (Å²) in [5.41, 5.74) is 1.03. The number of unbranched alkanes of at least 4 members (excludes halogenated alkanes) is 8. The van der Waals surface area contributed by atoms with Crippen molar-refractivity contribution in [2.45, 2.75) is 77.2 Å². The van der Waals surface area contributed by atoms with E-state index >= 15 is 0 Å². The van der Waals surface area contributed by atoms with E-state index in [4.69, 9.17) is 4.74 Å². The van der Waals surface area contributed by atoms with Crippen molar-refractivity contribution in [3.05, 3.63) is 30.3 Å². The molecule has 1 aliphatic heterocycles. The van der Waals surface area contributed by atoms with Crippen molar-refractivity contribution in [2.24, 2.45) is 0 Å². The van der Waals surface area contributed by atoms with Gasteiger partial charge in [0, 0.05) is 18.8 Å². The van der Waals surface area contributed by atoms with Crippen LogP contribution in [0.5, 0.6) is 0 Å². The van der Waals surface area contributed by atoms with Gasteiger partial charge in [-0.3, -0.25) is 4.79 Å². The predicted molar refractivity (Wildman–Crippen MR) is 113 cm³/mol. The van der Waals surface area contributed by atoms with Crippen LogP contribution in [-0.2, 0) is 9.53 Å². The quantitative estimate of drug-likeness (QED) is 0.480. The molecule has 1 fully saturated rings. The second kappa shape index (κ2) is 13.6. The molecule has 1 atom stereocenters. The van der Waals surface area contributed by atoms with Crippen LogP contribution in [0.4, 0.5) is 5.69 Å². The molecule has 27 heavy (non-hydrogen) atoms. The molecule has 0 aliphatic carbocycles. The van der Waals surface area contributed by atoms with Crippen molar-refractivity contribution in [3.8, 4) is 0 Å². The van der Waals surface area contributed by atoms with Crippen molar-refractivity contribution >= 4 is 11.6 Å². The fourth-order valence-corrected chi connectivity index (χ4v) is 3.66. The van der Waals surface area contributed by atoms with E-state index in [1.165, 1.54) is 51.4 Å². The molecule has 2 rings (SSSR count). The number of benzene rings is 1. The van der Waals surface area contributed by atoms with Crippen LogP contribution in [0.2, 0.25) is 0 Å². The molecule has 1 saturated heterocycles. The summed E-state index contributed by atoms with van der Waals surface area (Å²) < 4.78 is 5.39. The molecule has 0 aromatic heterocycles. The lowest BCUT2D eigenvalue weighted by Crippen LogP contribution is -2.48. The third-order valence-electron chi connectivity index (χ3n) is 5.33. The number of ether oxygens (including phenoxy) is 1. The van der Waals surface area contributed by atoms with Crippen LogP contribution in [0.25, 0.3) is 0 Å². The van der Waals surface area contributed by atoms with Gasteiger partial charge in [0.05, 0.1) is 13.2 Å². The Hall–Kier alpha value is -1.55. The minimum Gasteiger partial charge on any atom is -0.378 e. The summed E-state index contributed by atoms with van der Waals surface area (Å²) in [4.78, 5) is 14.9. The van der Waals surface area contributed by atoms with E-state index in [1.54, 1.807) is 0 Å². The van der Waals surface area contributed by atoms with E-state index in [-0.39, 0.29) is 11.9 Å². The second-order valence-electron chi connectivity index (χ2n) is 7.62. The molecule has 1 aromatic carbocycles. The smallest absolute Gasteiger partial charge is 0.245 e. The normalized spacial score (nSPS) is 15.5. The van der Waals surface area contributed by atoms with E-state index < -0.39 is 0 Å². The summed E-state index contributed by atoms with van der Waals surface area (Å²) in [5, 5.41) is 3.47. The van der Waals surface area contributed by atoms with E-state index in [1.807, 2.05) is 35.2 Å². The second-order valence-corrected chi connectivity index (χ2v) is 7.62. The maximum Gasteiger partial charge on any atom is 0.245 e. The van der Waals surface area contributed by atoms with Gasteiger partial charge >= 0.3 is 0 Å². The molecule has 1 amide bonds. The van der Waals surface area contributed by atoms with E-state index in [0.717, 1.165) is 18.5 Å². The van der Waals surface area contributed by atoms with Gasteiger partial charge in [-0.1, -0.05) is 82.9 Å². The van der Waals surface area contributed by atoms with Gasteiger partial charge in [-0.15, -0.1) is 0 Å². The van der Waals surface area contributed by atoms with Gasteiger partial charge in [-0.2, -0.15) is 0 Å². The SMILES string of the molecule is CCCCCCCCCCC[C@@H](Nc1ccccc1)C(=O)N1CCOCC1. The lowest BCUT2D eigenvalue weighted by Gasteiger charge is -2.31. The number of hydrogen-bond acceptors (Lipinski definition) is 3. The van der Waals surface area contributed by atoms with E-state index in [2.05, 4.69) is 12.2 Å². The van der Waals surface area contributed by atoms with Crippen molar-refractivity contribution in [2.75, 3.05) is 31.6 Å². The Balaban J connectivity index is 1.73. The number of hydrogen-bond donors (Lipinski definition) is 1. The predicted octanol–water partition coefficient (Wildman–Crippen LogP) is 5.25. The zero-order chi connectivity index (χ0) is 19.2. The Morgan fingerprint density at radius 3 is 2.19 bits per heavy atom. The van der Waals surface area contributed by atoms with Crippen LogP contribution in [0.1, 0.15) is 71.1 Å². The lowest BCUT2D eigenvalue weighted by molar-refractivity contribution is -0.136. The minimum absolute atomic E-state index is 0.130. The molecule has 0 bridgehead atoms. The average Bonchev–Trinajstić information content (AvgIpc) is 2.72. The largest absolute Gasteiger partial charge is 0.378 e. The Morgan fingerprint density at radius 1 is 0.963 bits per heavy atom. The van der Waals surface area contributed by atoms with Gasteiger partial charge in [0.1, 0.15) is 6.04 Å². The third-order valence-corrected chi connectivity index (χ3v) is 5.33. The van der Waals surface area contributed by atoms with Crippen LogP contribution < -0.4 is 5.32 Å². The Labute approximate surface area is 165 Å². The minimum atomic E-state index is -0.130. The molecular weight excluding hydrogens is 336 g/mol. The molecule has 1 N–H and O–H groups in total. The molecule has 0 saturated carbocycles. The fraction of sp³-hybridized carbons (Fsp3) is 0.696. The molecular formula is C23H38N2O2. The fourth-order valence-electron chi connectivity index (χ4n) is 3.66. The third kappa shape index (κ3) is 8.79. The van der Waals surface area contributed by atoms with Gasteiger partial charge in [0.25, 0.3) is 0 Å². The summed E-state index contributed by atoms with van der Waals surface area (Å²) in [5.74, 6) is 0.224. The molecule has 0 spiro atoms. The van der Waals surface area contributed by atoms with Gasteiger partial charge < -0.3 is 15.0 Å². The van der Waals surface area contributed by atoms with Crippen LogP contribution in [0.3, 0.4) is 0 Å². The number of carbonyl (C=O) groups is 1. The van der Waals surface area contributed by atoms with Crippen LogP contribution in [-0.4, -0.2) is 43.2 Å². The maximum atomic E-state index is 13.0. The first-order valence-corrected chi connectivity index (χ1v) is 11.0. The number of nitrogens with zero attached hydrogens (tertiary/aromatic N) is 1. The van der Waals surface area contributed by atoms with Crippen molar-refractivity contribution < 1.29 is 9.53 Å². The highest BCUT2D eigenvalue weighted by molar-refractivity contribution is 5.84. The van der Waals surface area contributed by atoms with Crippen LogP contribution >= 0.6 is 0 Å². The first-order chi connectivity index (χ1) is 13.3. The van der Waals surface area contributed by atoms with Crippen LogP contribution in [0.15, 0.2) is 30.3 Å². The summed E-state index contributed by atoms with van der Waals surface area (Å²) in [6.07, 6.45) is 12.7. The highest BCUT2D eigenvalue weighted by Crippen LogP contribution is 2.16. The highest BCUT2D eigenvalue weighted by atomic mass is 16.5. The molecule has 1 aromatic rings. The zero-order valence-corrected chi connectivity index (χ0v) is 17.1. The lowest BCUT2D eigenvalue weighted by atomic mass is 10.0. The van der Waals surface area contributed by atoms with Gasteiger partial charge in [-0.05, 0) is 18.6 Å². The number of rotatable bonds is 13. The van der Waals surface area contributed by atoms with Gasteiger partial charge in [0.2, 0.25) is 5.91 Å². The molecule has 4 heteroatoms. The summed E-state index contributed by atoms with van der Waals surface area (Å²) in [7, 11) is 0. The van der Waals surface area contributed by atoms with Crippen molar-refractivity contribution in [3.63, 3.8) is 0 Å². The molecule has 0 radical (unpaired) electrons. The maximum absolute atomic E-state index is 13.0. The Kier molecular flexibility index (Phi) is 10.9. The standard InChI is InChI=1S/C23H38N2O2/c1-2-3-4-5-6-7-8-9-13-16-22(24-21-14-11-10-12-15-21)23(26)25-17-19-27-20-18-25/h10-12,14-15,22,24H,2-9,13,16-20H2,1H3/t22-/m1/s1. The molecule has 152 valence electrons. The number of anilines is 1. The average molecular weight is 375 g/mol. The number of carbonyl (C=O) groups excluding carboxylic acids is 1. The van der Waals surface area contributed by atoms with Crippen LogP contribution in [0, 0.1) is 0 Å². The first kappa shape index (κ1) is 21.7. The molecule has 1 aliphatic rings. The molecule has 4 nitrogen and oxygen atoms in total. The monoisotopic (exact) mass is 374 g/mol. The molecule has 1 heterocycles. The Morgan fingerprint density at radius 2 is 1.56 bits per heavy atom. The number of amides is 1. The van der Waals surface area contributed by atoms with E-state index in [0.29, 0.717) is 26.3 Å². The van der Waals surface area contributed by atoms with E-state index in [9.17, 15) is 4.79 Å². The summed E-state index contributed by atoms with van der Waals surface area (Å²) in [6.45, 7) is 4.99.